The van der Waals surface area contributed by atoms with E-state index in [0.717, 1.165) is 0 Å². The lowest BCUT2D eigenvalue weighted by Crippen LogP contribution is -2.52. The fourth-order valence-corrected chi connectivity index (χ4v) is 16.9. The Labute approximate surface area is 141 Å². The zero-order chi connectivity index (χ0) is 17.8. The second-order valence-corrected chi connectivity index (χ2v) is 26.6. The number of hydrogen-bond acceptors (Lipinski definition) is 3. The molecule has 1 rings (SSSR count). The van der Waals surface area contributed by atoms with E-state index in [0.29, 0.717) is 5.78 Å². The van der Waals surface area contributed by atoms with Crippen molar-refractivity contribution in [2.24, 2.45) is 21.1 Å². The van der Waals surface area contributed by atoms with Crippen LogP contribution < -0.4 is 0 Å². The molecule has 1 aliphatic heterocycles. The maximum Gasteiger partial charge on any atom is 0.191 e. The number of rotatable bonds is 3. The standard InChI is InChI=1S/C16H37N2OPSi2/c1-14(2,3)13-17-18-16(15(4,5)6,19-21(7,8)9)20(13)22(10,11)12/h13H,1-12H3. The van der Waals surface area contributed by atoms with Crippen LogP contribution in [0.1, 0.15) is 41.5 Å². The summed E-state index contributed by atoms with van der Waals surface area (Å²) >= 11 is 0. The van der Waals surface area contributed by atoms with Gasteiger partial charge in [0.15, 0.2) is 13.8 Å². The van der Waals surface area contributed by atoms with Gasteiger partial charge in [-0.3, -0.25) is 0 Å². The minimum Gasteiger partial charge on any atom is -0.390 e. The van der Waals surface area contributed by atoms with Crippen LogP contribution in [0.5, 0.6) is 0 Å². The van der Waals surface area contributed by atoms with Crippen molar-refractivity contribution in [3.05, 3.63) is 0 Å². The van der Waals surface area contributed by atoms with Gasteiger partial charge in [-0.1, -0.05) is 61.2 Å². The van der Waals surface area contributed by atoms with Crippen LogP contribution >= 0.6 is 7.47 Å². The van der Waals surface area contributed by atoms with Crippen LogP contribution in [0.3, 0.4) is 0 Å². The molecule has 0 saturated carbocycles. The van der Waals surface area contributed by atoms with Gasteiger partial charge in [0, 0.05) is 5.41 Å². The molecule has 3 atom stereocenters. The fraction of sp³-hybridized carbons (Fsp3) is 1.00. The van der Waals surface area contributed by atoms with E-state index in [1.807, 2.05) is 0 Å². The Bertz CT molecular complexity index is 441. The molecule has 1 heterocycles. The molecule has 0 amide bonds. The summed E-state index contributed by atoms with van der Waals surface area (Å²) in [6.45, 7) is 28.0. The molecule has 1 aliphatic rings. The van der Waals surface area contributed by atoms with Crippen molar-refractivity contribution in [1.29, 1.82) is 0 Å². The Hall–Kier alpha value is 0.424. The molecule has 0 radical (unpaired) electrons. The lowest BCUT2D eigenvalue weighted by molar-refractivity contribution is 0.0465. The van der Waals surface area contributed by atoms with Gasteiger partial charge in [0.1, 0.15) is 0 Å². The van der Waals surface area contributed by atoms with Crippen molar-refractivity contribution in [2.45, 2.75) is 92.1 Å². The van der Waals surface area contributed by atoms with E-state index in [1.165, 1.54) is 0 Å². The minimum atomic E-state index is -1.73. The van der Waals surface area contributed by atoms with Gasteiger partial charge in [0.25, 0.3) is 0 Å². The maximum atomic E-state index is 6.86. The van der Waals surface area contributed by atoms with Crippen LogP contribution in [0.25, 0.3) is 0 Å². The molecule has 0 bridgehead atoms. The van der Waals surface area contributed by atoms with Crippen molar-refractivity contribution < 1.29 is 4.43 Å². The molecule has 0 saturated heterocycles. The normalized spacial score (nSPS) is 30.9. The van der Waals surface area contributed by atoms with E-state index in [-0.39, 0.29) is 10.8 Å². The molecular formula is C16H37N2OPSi2. The third-order valence-corrected chi connectivity index (χ3v) is 15.2. The van der Waals surface area contributed by atoms with Crippen molar-refractivity contribution >= 4 is 23.5 Å². The second-order valence-electron chi connectivity index (χ2n) is 10.6. The van der Waals surface area contributed by atoms with Crippen LogP contribution in [0.4, 0.5) is 0 Å². The van der Waals surface area contributed by atoms with E-state index in [9.17, 15) is 0 Å². The monoisotopic (exact) mass is 360 g/mol. The highest BCUT2D eigenvalue weighted by atomic mass is 31.4. The summed E-state index contributed by atoms with van der Waals surface area (Å²) in [5.41, 5.74) is -0.288. The zero-order valence-electron chi connectivity index (χ0n) is 16.8. The van der Waals surface area contributed by atoms with Gasteiger partial charge in [-0.15, -0.1) is 0 Å². The maximum absolute atomic E-state index is 6.86. The first-order chi connectivity index (χ1) is 9.42. The Kier molecular flexibility index (Phi) is 5.35. The molecule has 0 spiro atoms. The average molecular weight is 361 g/mol. The molecule has 22 heavy (non-hydrogen) atoms. The van der Waals surface area contributed by atoms with E-state index in [4.69, 9.17) is 14.7 Å². The summed E-state index contributed by atoms with van der Waals surface area (Å²) in [6, 6.07) is 0. The highest BCUT2D eigenvalue weighted by Crippen LogP contribution is 2.73. The predicted molar refractivity (Wildman–Crippen MR) is 105 cm³/mol. The van der Waals surface area contributed by atoms with E-state index in [2.05, 4.69) is 80.8 Å². The largest absolute Gasteiger partial charge is 0.390 e. The second kappa shape index (κ2) is 5.75. The van der Waals surface area contributed by atoms with Gasteiger partial charge in [0.05, 0.1) is 13.5 Å². The Morgan fingerprint density at radius 1 is 0.909 bits per heavy atom. The lowest BCUT2D eigenvalue weighted by Gasteiger charge is -2.52. The van der Waals surface area contributed by atoms with Gasteiger partial charge in [-0.05, 0) is 32.5 Å². The van der Waals surface area contributed by atoms with Crippen molar-refractivity contribution in [3.63, 3.8) is 0 Å². The molecule has 6 heteroatoms. The van der Waals surface area contributed by atoms with Gasteiger partial charge in [-0.25, -0.2) is 0 Å². The molecule has 130 valence electrons. The molecule has 0 N–H and O–H groups in total. The van der Waals surface area contributed by atoms with E-state index >= 15 is 0 Å². The minimum absolute atomic E-state index is 0.0250. The van der Waals surface area contributed by atoms with Gasteiger partial charge < -0.3 is 4.43 Å². The van der Waals surface area contributed by atoms with Crippen LogP contribution in [0.2, 0.25) is 39.3 Å². The van der Waals surface area contributed by atoms with Crippen molar-refractivity contribution in [2.75, 3.05) is 0 Å². The first kappa shape index (κ1) is 20.5. The quantitative estimate of drug-likeness (QED) is 0.407. The molecule has 0 aliphatic carbocycles. The molecule has 0 aromatic rings. The Balaban J connectivity index is 3.52. The summed E-state index contributed by atoms with van der Waals surface area (Å²) in [5.74, 6) is 0.310. The topological polar surface area (TPSA) is 34.0 Å². The molecule has 3 unspecified atom stereocenters. The third kappa shape index (κ3) is 4.09. The first-order valence-corrected chi connectivity index (χ1v) is 17.5. The predicted octanol–water partition coefficient (Wildman–Crippen LogP) is 6.69. The summed E-state index contributed by atoms with van der Waals surface area (Å²) in [4.78, 5) is 0. The third-order valence-electron chi connectivity index (χ3n) is 3.80. The number of nitrogens with zero attached hydrogens (tertiary/aromatic N) is 2. The summed E-state index contributed by atoms with van der Waals surface area (Å²) in [5, 5.41) is 9.77. The molecule has 0 fully saturated rings. The summed E-state index contributed by atoms with van der Waals surface area (Å²) in [6.07, 6.45) is 0. The Morgan fingerprint density at radius 2 is 1.36 bits per heavy atom. The highest BCUT2D eigenvalue weighted by molar-refractivity contribution is 7.96. The van der Waals surface area contributed by atoms with Crippen LogP contribution in [0, 0.1) is 10.8 Å². The molecule has 0 aromatic carbocycles. The lowest BCUT2D eigenvalue weighted by atomic mass is 9.94. The van der Waals surface area contributed by atoms with Gasteiger partial charge in [-0.2, -0.15) is 10.2 Å². The molecule has 3 nitrogen and oxygen atoms in total. The number of azo groups is 1. The molecular weight excluding hydrogens is 323 g/mol. The van der Waals surface area contributed by atoms with E-state index < -0.39 is 29.0 Å². The van der Waals surface area contributed by atoms with Crippen LogP contribution in [-0.4, -0.2) is 27.3 Å². The van der Waals surface area contributed by atoms with Crippen molar-refractivity contribution in [1.82, 2.24) is 0 Å². The Morgan fingerprint density at radius 3 is 1.64 bits per heavy atom. The first-order valence-electron chi connectivity index (χ1n) is 8.33. The fourth-order valence-electron chi connectivity index (χ4n) is 2.94. The van der Waals surface area contributed by atoms with Gasteiger partial charge >= 0.3 is 0 Å². The van der Waals surface area contributed by atoms with Gasteiger partial charge in [0.2, 0.25) is 0 Å². The average Bonchev–Trinajstić information content (AvgIpc) is 2.52. The smallest absolute Gasteiger partial charge is 0.191 e. The van der Waals surface area contributed by atoms with E-state index in [1.54, 1.807) is 0 Å². The summed E-state index contributed by atoms with van der Waals surface area (Å²) < 4.78 is 6.86. The van der Waals surface area contributed by atoms with Crippen LogP contribution in [0.15, 0.2) is 10.2 Å². The summed E-state index contributed by atoms with van der Waals surface area (Å²) in [7, 11) is -3.62. The molecule has 0 aromatic heterocycles. The SMILES string of the molecule is CC(C)(C)C1N=NC(O[Si](C)(C)C)(C(C)(C)C)P1[Si](C)(C)C. The van der Waals surface area contributed by atoms with Crippen molar-refractivity contribution in [3.8, 4) is 0 Å². The zero-order valence-corrected chi connectivity index (χ0v) is 19.7. The number of hydrogen-bond donors (Lipinski definition) is 0. The highest BCUT2D eigenvalue weighted by Gasteiger charge is 2.63. The van der Waals surface area contributed by atoms with Crippen LogP contribution in [-0.2, 0) is 4.43 Å².